The molecule has 3 amide bonds. The van der Waals surface area contributed by atoms with Gasteiger partial charge >= 0.3 is 0 Å². The molecule has 0 aromatic heterocycles. The van der Waals surface area contributed by atoms with Gasteiger partial charge in [-0.15, -0.1) is 0 Å². The second-order valence-corrected chi connectivity index (χ2v) is 15.5. The third-order valence-electron chi connectivity index (χ3n) is 8.80. The van der Waals surface area contributed by atoms with Crippen LogP contribution in [0.15, 0.2) is 48.5 Å². The van der Waals surface area contributed by atoms with Gasteiger partial charge in [0.1, 0.15) is 0 Å². The quantitative estimate of drug-likeness (QED) is 0.404. The maximum atomic E-state index is 14.0. The number of carbonyl (C=O) groups is 3. The van der Waals surface area contributed by atoms with E-state index in [0.717, 1.165) is 19.3 Å². The maximum Gasteiger partial charge on any atom is 0.264 e. The van der Waals surface area contributed by atoms with E-state index >= 15 is 0 Å². The summed E-state index contributed by atoms with van der Waals surface area (Å²) in [6.45, 7) is 6.07. The Morgan fingerprint density at radius 2 is 1.92 bits per heavy atom. The predicted octanol–water partition coefficient (Wildman–Crippen LogP) is 3.13. The number of hydrogen-bond acceptors (Lipinski definition) is 6. The van der Waals surface area contributed by atoms with E-state index in [4.69, 9.17) is 4.74 Å². The zero-order valence-electron chi connectivity index (χ0n) is 22.9. The topological polar surface area (TPSA) is 111 Å². The largest absolute Gasteiger partial charge is 0.432 e. The standard InChI is InChI=1S/C29H37N3O6Si/c1-19-27(39(3,4)37)25(16-26(35)31-14-8-11-22(31)17-33)38-29(19)23-15-21(12-13-24(23)30(2)28(29)36)32(18-34)20-9-6-5-7-10-20/h5-7,9-10,12-13,15,18-19,22,25,27,33,37H,8,11,14,16-17H2,1-4H3/t19-,22-,25+,27-,29+/m0/s1. The van der Waals surface area contributed by atoms with Gasteiger partial charge in [-0.2, -0.15) is 0 Å². The number of benzene rings is 2. The number of hydrogen-bond donors (Lipinski definition) is 2. The normalized spacial score (nSPS) is 28.3. The zero-order chi connectivity index (χ0) is 28.1. The molecule has 0 radical (unpaired) electrons. The molecule has 2 fully saturated rings. The molecular weight excluding hydrogens is 514 g/mol. The monoisotopic (exact) mass is 551 g/mol. The molecule has 3 heterocycles. The number of rotatable bonds is 7. The molecule has 2 aromatic carbocycles. The van der Waals surface area contributed by atoms with Gasteiger partial charge in [-0.05, 0) is 56.3 Å². The van der Waals surface area contributed by atoms with Crippen LogP contribution < -0.4 is 9.80 Å². The molecule has 39 heavy (non-hydrogen) atoms. The van der Waals surface area contributed by atoms with Crippen molar-refractivity contribution >= 4 is 43.6 Å². The SMILES string of the molecule is C[C@H]1[C@H]([Si](C)(C)O)[C@@H](CC(=O)N2CCC[C@H]2CO)O[C@]12C(=O)N(C)c1ccc(N(C=O)c3ccccc3)cc12. The Bertz CT molecular complexity index is 1270. The van der Waals surface area contributed by atoms with Crippen molar-refractivity contribution in [2.24, 2.45) is 5.92 Å². The minimum absolute atomic E-state index is 0.0285. The Morgan fingerprint density at radius 3 is 2.56 bits per heavy atom. The molecule has 0 bridgehead atoms. The number of fused-ring (bicyclic) bond motifs is 2. The van der Waals surface area contributed by atoms with Crippen LogP contribution in [0, 0.1) is 5.92 Å². The van der Waals surface area contributed by atoms with Crippen molar-refractivity contribution in [2.75, 3.05) is 30.0 Å². The van der Waals surface area contributed by atoms with Crippen molar-refractivity contribution < 1.29 is 29.0 Å². The van der Waals surface area contributed by atoms with Crippen LogP contribution in [-0.4, -0.2) is 73.7 Å². The third-order valence-corrected chi connectivity index (χ3v) is 11.3. The van der Waals surface area contributed by atoms with Crippen LogP contribution in [0.5, 0.6) is 0 Å². The van der Waals surface area contributed by atoms with E-state index in [1.807, 2.05) is 62.5 Å². The summed E-state index contributed by atoms with van der Waals surface area (Å²) in [7, 11) is -1.23. The lowest BCUT2D eigenvalue weighted by molar-refractivity contribution is -0.149. The number of likely N-dealkylation sites (tertiary alicyclic amines) is 1. The fourth-order valence-electron chi connectivity index (χ4n) is 7.02. The molecule has 0 unspecified atom stereocenters. The molecule has 2 N–H and O–H groups in total. The molecule has 3 aliphatic rings. The molecule has 3 aliphatic heterocycles. The molecule has 0 saturated carbocycles. The summed E-state index contributed by atoms with van der Waals surface area (Å²) in [6.07, 6.45) is 1.69. The van der Waals surface area contributed by atoms with Gasteiger partial charge in [-0.1, -0.05) is 25.1 Å². The van der Waals surface area contributed by atoms with Crippen molar-refractivity contribution in [3.05, 3.63) is 54.1 Å². The highest BCUT2D eigenvalue weighted by Crippen LogP contribution is 2.60. The highest BCUT2D eigenvalue weighted by Gasteiger charge is 2.66. The van der Waals surface area contributed by atoms with Crippen molar-refractivity contribution in [1.82, 2.24) is 4.90 Å². The van der Waals surface area contributed by atoms with E-state index in [1.165, 1.54) is 4.90 Å². The second-order valence-electron chi connectivity index (χ2n) is 11.5. The van der Waals surface area contributed by atoms with Crippen LogP contribution in [0.1, 0.15) is 31.7 Å². The number of aliphatic hydroxyl groups is 1. The minimum atomic E-state index is -2.93. The number of nitrogens with zero attached hydrogens (tertiary/aromatic N) is 3. The van der Waals surface area contributed by atoms with E-state index in [9.17, 15) is 24.3 Å². The minimum Gasteiger partial charge on any atom is -0.432 e. The number of aliphatic hydroxyl groups excluding tert-OH is 1. The van der Waals surface area contributed by atoms with Crippen molar-refractivity contribution in [3.8, 4) is 0 Å². The van der Waals surface area contributed by atoms with Crippen LogP contribution in [0.4, 0.5) is 17.1 Å². The number of ether oxygens (including phenoxy) is 1. The van der Waals surface area contributed by atoms with Crippen LogP contribution in [-0.2, 0) is 24.7 Å². The number of anilines is 3. The highest BCUT2D eigenvalue weighted by molar-refractivity contribution is 6.71. The summed E-state index contributed by atoms with van der Waals surface area (Å²) in [4.78, 5) is 55.8. The Kier molecular flexibility index (Phi) is 7.17. The van der Waals surface area contributed by atoms with Gasteiger partial charge in [0.25, 0.3) is 5.91 Å². The fourth-order valence-corrected chi connectivity index (χ4v) is 9.58. The van der Waals surface area contributed by atoms with Gasteiger partial charge in [-0.3, -0.25) is 19.3 Å². The molecule has 1 spiro atoms. The molecule has 9 nitrogen and oxygen atoms in total. The molecular formula is C29H37N3O6Si. The fraction of sp³-hybridized carbons (Fsp3) is 0.483. The molecule has 0 aliphatic carbocycles. The van der Waals surface area contributed by atoms with E-state index < -0.39 is 25.9 Å². The lowest BCUT2D eigenvalue weighted by Crippen LogP contribution is -2.45. The smallest absolute Gasteiger partial charge is 0.264 e. The van der Waals surface area contributed by atoms with Gasteiger partial charge in [0.05, 0.1) is 30.9 Å². The lowest BCUT2D eigenvalue weighted by atomic mass is 9.82. The van der Waals surface area contributed by atoms with Crippen molar-refractivity contribution in [2.45, 2.75) is 62.6 Å². The van der Waals surface area contributed by atoms with Crippen LogP contribution in [0.3, 0.4) is 0 Å². The highest BCUT2D eigenvalue weighted by atomic mass is 28.4. The molecule has 208 valence electrons. The summed E-state index contributed by atoms with van der Waals surface area (Å²) in [5.41, 5.74) is 0.810. The number of carbonyl (C=O) groups excluding carboxylic acids is 3. The molecule has 10 heteroatoms. The Balaban J connectivity index is 1.56. The summed E-state index contributed by atoms with van der Waals surface area (Å²) < 4.78 is 6.71. The van der Waals surface area contributed by atoms with Crippen molar-refractivity contribution in [1.29, 1.82) is 0 Å². The van der Waals surface area contributed by atoms with Gasteiger partial charge in [-0.25, -0.2) is 0 Å². The third kappa shape index (κ3) is 4.39. The molecule has 5 atom stereocenters. The average molecular weight is 552 g/mol. The first-order valence-corrected chi connectivity index (χ1v) is 16.6. The first-order valence-electron chi connectivity index (χ1n) is 13.6. The van der Waals surface area contributed by atoms with E-state index in [2.05, 4.69) is 0 Å². The van der Waals surface area contributed by atoms with Gasteiger partial charge in [0.15, 0.2) is 13.9 Å². The summed E-state index contributed by atoms with van der Waals surface area (Å²) in [5.74, 6) is -0.790. The zero-order valence-corrected chi connectivity index (χ0v) is 23.9. The predicted molar refractivity (Wildman–Crippen MR) is 150 cm³/mol. The first kappa shape index (κ1) is 27.5. The first-order chi connectivity index (χ1) is 18.5. The molecule has 2 saturated heterocycles. The Morgan fingerprint density at radius 1 is 1.21 bits per heavy atom. The summed E-state index contributed by atoms with van der Waals surface area (Å²) >= 11 is 0. The summed E-state index contributed by atoms with van der Waals surface area (Å²) in [6, 6.07) is 14.5. The molecule has 5 rings (SSSR count). The van der Waals surface area contributed by atoms with Crippen LogP contribution in [0.2, 0.25) is 18.6 Å². The average Bonchev–Trinajstić information content (AvgIpc) is 3.56. The number of amides is 3. The van der Waals surface area contributed by atoms with Gasteiger partial charge in [0, 0.05) is 42.0 Å². The Hall–Kier alpha value is -3.05. The maximum absolute atomic E-state index is 14.0. The molecule has 2 aromatic rings. The second kappa shape index (κ2) is 10.2. The number of likely N-dealkylation sites (N-methyl/N-ethyl adjacent to an activating group) is 1. The van der Waals surface area contributed by atoms with Crippen LogP contribution >= 0.6 is 0 Å². The Labute approximate surface area is 230 Å². The van der Waals surface area contributed by atoms with E-state index in [-0.39, 0.29) is 36.4 Å². The summed E-state index contributed by atoms with van der Waals surface area (Å²) in [5, 5.41) is 9.75. The van der Waals surface area contributed by atoms with Crippen LogP contribution in [0.25, 0.3) is 0 Å². The van der Waals surface area contributed by atoms with Gasteiger partial charge in [0.2, 0.25) is 12.3 Å². The van der Waals surface area contributed by atoms with Gasteiger partial charge < -0.3 is 24.4 Å². The van der Waals surface area contributed by atoms with Crippen molar-refractivity contribution in [3.63, 3.8) is 0 Å². The number of para-hydroxylation sites is 1. The van der Waals surface area contributed by atoms with E-state index in [0.29, 0.717) is 29.2 Å². The van der Waals surface area contributed by atoms with E-state index in [1.54, 1.807) is 22.9 Å². The lowest BCUT2D eigenvalue weighted by Gasteiger charge is -2.32.